The van der Waals surface area contributed by atoms with E-state index in [0.717, 1.165) is 45.5 Å². The summed E-state index contributed by atoms with van der Waals surface area (Å²) < 4.78 is 5.64. The van der Waals surface area contributed by atoms with E-state index < -0.39 is 0 Å². The molecule has 1 saturated carbocycles. The maximum atomic E-state index is 12.7. The molecule has 114 valence electrons. The van der Waals surface area contributed by atoms with E-state index in [1.54, 1.807) is 0 Å². The highest BCUT2D eigenvalue weighted by Gasteiger charge is 2.41. The van der Waals surface area contributed by atoms with Crippen molar-refractivity contribution >= 4 is 5.91 Å². The Morgan fingerprint density at radius 1 is 1.25 bits per heavy atom. The molecule has 0 aromatic carbocycles. The van der Waals surface area contributed by atoms with E-state index in [9.17, 15) is 4.79 Å². The van der Waals surface area contributed by atoms with Crippen LogP contribution in [0.1, 0.15) is 57.8 Å². The van der Waals surface area contributed by atoms with Crippen molar-refractivity contribution in [2.45, 2.75) is 69.4 Å². The minimum absolute atomic E-state index is 0.129. The van der Waals surface area contributed by atoms with Gasteiger partial charge in [0.25, 0.3) is 0 Å². The van der Waals surface area contributed by atoms with E-state index in [2.05, 4.69) is 10.2 Å². The van der Waals surface area contributed by atoms with Crippen molar-refractivity contribution in [2.24, 2.45) is 0 Å². The molecule has 3 fully saturated rings. The second-order valence-corrected chi connectivity index (χ2v) is 6.68. The Morgan fingerprint density at radius 2 is 2.10 bits per heavy atom. The summed E-state index contributed by atoms with van der Waals surface area (Å²) in [6, 6.07) is 0. The van der Waals surface area contributed by atoms with Gasteiger partial charge in [-0.3, -0.25) is 4.79 Å². The van der Waals surface area contributed by atoms with E-state index in [-0.39, 0.29) is 5.54 Å². The minimum Gasteiger partial charge on any atom is -0.378 e. The van der Waals surface area contributed by atoms with Crippen molar-refractivity contribution in [2.75, 3.05) is 26.2 Å². The number of ether oxygens (including phenoxy) is 1. The maximum Gasteiger partial charge on any atom is 0.223 e. The first kappa shape index (κ1) is 14.3. The summed E-state index contributed by atoms with van der Waals surface area (Å²) in [5.41, 5.74) is 0.129. The zero-order chi connectivity index (χ0) is 13.8. The molecular weight excluding hydrogens is 252 g/mol. The number of amides is 1. The van der Waals surface area contributed by atoms with Gasteiger partial charge >= 0.3 is 0 Å². The van der Waals surface area contributed by atoms with Gasteiger partial charge in [0.1, 0.15) is 0 Å². The monoisotopic (exact) mass is 280 g/mol. The third kappa shape index (κ3) is 3.01. The van der Waals surface area contributed by atoms with Crippen LogP contribution in [0.5, 0.6) is 0 Å². The molecule has 1 spiro atoms. The van der Waals surface area contributed by atoms with Crippen LogP contribution in [0.25, 0.3) is 0 Å². The fourth-order valence-electron chi connectivity index (χ4n) is 4.18. The Bertz CT molecular complexity index is 325. The molecular formula is C16H28N2O2. The van der Waals surface area contributed by atoms with Crippen LogP contribution in [0.2, 0.25) is 0 Å². The topological polar surface area (TPSA) is 41.6 Å². The summed E-state index contributed by atoms with van der Waals surface area (Å²) in [5.74, 6) is 0.365. The number of hydrogen-bond acceptors (Lipinski definition) is 3. The number of hydrogen-bond donors (Lipinski definition) is 1. The van der Waals surface area contributed by atoms with Crippen LogP contribution in [0.3, 0.4) is 0 Å². The Morgan fingerprint density at radius 3 is 2.85 bits per heavy atom. The average Bonchev–Trinajstić information content (AvgIpc) is 2.99. The van der Waals surface area contributed by atoms with Crippen LogP contribution in [0.4, 0.5) is 0 Å². The van der Waals surface area contributed by atoms with Crippen LogP contribution in [-0.4, -0.2) is 48.7 Å². The van der Waals surface area contributed by atoms with Crippen LogP contribution >= 0.6 is 0 Å². The summed E-state index contributed by atoms with van der Waals surface area (Å²) in [7, 11) is 0. The summed E-state index contributed by atoms with van der Waals surface area (Å²) in [4.78, 5) is 14.9. The predicted molar refractivity (Wildman–Crippen MR) is 78.6 cm³/mol. The number of carbonyl (C=O) groups is 1. The lowest BCUT2D eigenvalue weighted by Crippen LogP contribution is -2.63. The molecule has 1 N–H and O–H groups in total. The van der Waals surface area contributed by atoms with Crippen molar-refractivity contribution in [1.29, 1.82) is 0 Å². The highest BCUT2D eigenvalue weighted by molar-refractivity contribution is 5.77. The molecule has 1 amide bonds. The second kappa shape index (κ2) is 6.44. The van der Waals surface area contributed by atoms with Crippen LogP contribution in [-0.2, 0) is 9.53 Å². The summed E-state index contributed by atoms with van der Waals surface area (Å²) in [6.45, 7) is 3.73. The first-order valence-corrected chi connectivity index (χ1v) is 8.43. The standard InChI is InChI=1S/C16H28N2O2/c19-15(7-6-14-5-4-12-20-14)18-11-10-17-13-16(18)8-2-1-3-9-16/h14,17H,1-13H2. The highest BCUT2D eigenvalue weighted by atomic mass is 16.5. The Labute approximate surface area is 122 Å². The quantitative estimate of drug-likeness (QED) is 0.860. The third-order valence-corrected chi connectivity index (χ3v) is 5.33. The lowest BCUT2D eigenvalue weighted by molar-refractivity contribution is -0.141. The molecule has 0 bridgehead atoms. The van der Waals surface area contributed by atoms with Gasteiger partial charge in [0.2, 0.25) is 5.91 Å². The van der Waals surface area contributed by atoms with Gasteiger partial charge in [0, 0.05) is 32.7 Å². The Kier molecular flexibility index (Phi) is 4.61. The van der Waals surface area contributed by atoms with Gasteiger partial charge in [-0.05, 0) is 32.1 Å². The van der Waals surface area contributed by atoms with Gasteiger partial charge in [-0.2, -0.15) is 0 Å². The molecule has 4 heteroatoms. The van der Waals surface area contributed by atoms with Crippen molar-refractivity contribution < 1.29 is 9.53 Å². The molecule has 4 nitrogen and oxygen atoms in total. The molecule has 1 atom stereocenters. The molecule has 0 aromatic rings. The average molecular weight is 280 g/mol. The molecule has 3 aliphatic rings. The van der Waals surface area contributed by atoms with E-state index in [0.29, 0.717) is 18.4 Å². The largest absolute Gasteiger partial charge is 0.378 e. The van der Waals surface area contributed by atoms with Crippen molar-refractivity contribution in [3.05, 3.63) is 0 Å². The summed E-state index contributed by atoms with van der Waals surface area (Å²) >= 11 is 0. The predicted octanol–water partition coefficient (Wildman–Crippen LogP) is 2.08. The number of rotatable bonds is 3. The van der Waals surface area contributed by atoms with Gasteiger partial charge in [-0.25, -0.2) is 0 Å². The molecule has 0 aromatic heterocycles. The zero-order valence-corrected chi connectivity index (χ0v) is 12.5. The highest BCUT2D eigenvalue weighted by Crippen LogP contribution is 2.35. The Balaban J connectivity index is 1.58. The van der Waals surface area contributed by atoms with Gasteiger partial charge in [0.05, 0.1) is 11.6 Å². The first-order chi connectivity index (χ1) is 9.80. The Hall–Kier alpha value is -0.610. The van der Waals surface area contributed by atoms with Crippen LogP contribution in [0, 0.1) is 0 Å². The first-order valence-electron chi connectivity index (χ1n) is 8.43. The summed E-state index contributed by atoms with van der Waals surface area (Å²) in [6.07, 6.45) is 10.5. The molecule has 1 unspecified atom stereocenters. The van der Waals surface area contributed by atoms with Crippen molar-refractivity contribution in [3.63, 3.8) is 0 Å². The molecule has 20 heavy (non-hydrogen) atoms. The van der Waals surface area contributed by atoms with Crippen LogP contribution < -0.4 is 5.32 Å². The SMILES string of the molecule is O=C(CCC1CCCO1)N1CCNCC12CCCCC2. The molecule has 2 aliphatic heterocycles. The smallest absolute Gasteiger partial charge is 0.223 e. The normalized spacial score (nSPS) is 29.8. The fraction of sp³-hybridized carbons (Fsp3) is 0.938. The van der Waals surface area contributed by atoms with E-state index >= 15 is 0 Å². The van der Waals surface area contributed by atoms with Crippen molar-refractivity contribution in [3.8, 4) is 0 Å². The lowest BCUT2D eigenvalue weighted by Gasteiger charge is -2.50. The van der Waals surface area contributed by atoms with E-state index in [1.165, 1.54) is 32.1 Å². The second-order valence-electron chi connectivity index (χ2n) is 6.68. The van der Waals surface area contributed by atoms with Gasteiger partial charge in [0.15, 0.2) is 0 Å². The van der Waals surface area contributed by atoms with E-state index in [4.69, 9.17) is 4.74 Å². The number of nitrogens with zero attached hydrogens (tertiary/aromatic N) is 1. The zero-order valence-electron chi connectivity index (χ0n) is 12.5. The fourth-order valence-corrected chi connectivity index (χ4v) is 4.18. The molecule has 2 saturated heterocycles. The number of carbonyl (C=O) groups excluding carboxylic acids is 1. The van der Waals surface area contributed by atoms with Gasteiger partial charge < -0.3 is 15.0 Å². The van der Waals surface area contributed by atoms with Crippen molar-refractivity contribution in [1.82, 2.24) is 10.2 Å². The number of nitrogens with one attached hydrogen (secondary N) is 1. The molecule has 0 radical (unpaired) electrons. The third-order valence-electron chi connectivity index (χ3n) is 5.33. The molecule has 2 heterocycles. The van der Waals surface area contributed by atoms with E-state index in [1.807, 2.05) is 0 Å². The maximum absolute atomic E-state index is 12.7. The molecule has 3 rings (SSSR count). The molecule has 1 aliphatic carbocycles. The van der Waals surface area contributed by atoms with Gasteiger partial charge in [-0.1, -0.05) is 19.3 Å². The lowest BCUT2D eigenvalue weighted by atomic mass is 9.79. The minimum atomic E-state index is 0.129. The van der Waals surface area contributed by atoms with Crippen LogP contribution in [0.15, 0.2) is 0 Å². The summed E-state index contributed by atoms with van der Waals surface area (Å²) in [5, 5.41) is 3.51. The van der Waals surface area contributed by atoms with Gasteiger partial charge in [-0.15, -0.1) is 0 Å². The number of piperazine rings is 1.